The molecule has 0 radical (unpaired) electrons. The Bertz CT molecular complexity index is 671. The molecule has 3 amide bonds. The summed E-state index contributed by atoms with van der Waals surface area (Å²) in [6.07, 6.45) is 0. The van der Waals surface area contributed by atoms with Gasteiger partial charge in [0.2, 0.25) is 5.91 Å². The molecule has 1 aromatic carbocycles. The van der Waals surface area contributed by atoms with Crippen LogP contribution in [0.25, 0.3) is 0 Å². The molecule has 1 saturated heterocycles. The fourth-order valence-corrected chi connectivity index (χ4v) is 3.47. The number of urea groups is 1. The molecule has 0 aliphatic carbocycles. The minimum absolute atomic E-state index is 0.0268. The van der Waals surface area contributed by atoms with Crippen molar-refractivity contribution < 1.29 is 18.0 Å². The summed E-state index contributed by atoms with van der Waals surface area (Å²) in [5.74, 6) is -0.332. The fourth-order valence-electron chi connectivity index (χ4n) is 2.27. The van der Waals surface area contributed by atoms with Crippen LogP contribution in [0.2, 0.25) is 0 Å². The number of carbonyl (C=O) groups is 2. The van der Waals surface area contributed by atoms with Crippen LogP contribution in [0.15, 0.2) is 24.3 Å². The van der Waals surface area contributed by atoms with Crippen LogP contribution in [0.1, 0.15) is 12.5 Å². The van der Waals surface area contributed by atoms with Crippen LogP contribution in [0.3, 0.4) is 0 Å². The molecule has 0 aromatic heterocycles. The van der Waals surface area contributed by atoms with Gasteiger partial charge < -0.3 is 15.5 Å². The molecule has 1 heterocycles. The summed E-state index contributed by atoms with van der Waals surface area (Å²) in [4.78, 5) is 25.6. The SMILES string of the molecule is Cc1ccc(NC(=O)NC(C)C(=O)N2CCS(=O)(=O)CC2)cc1. The number of amides is 3. The molecule has 2 N–H and O–H groups in total. The minimum atomic E-state index is -3.04. The summed E-state index contributed by atoms with van der Waals surface area (Å²) in [6, 6.07) is 6.10. The first-order chi connectivity index (χ1) is 10.8. The van der Waals surface area contributed by atoms with Crippen molar-refractivity contribution in [2.75, 3.05) is 29.9 Å². The second-order valence-corrected chi connectivity index (χ2v) is 7.97. The van der Waals surface area contributed by atoms with E-state index in [1.165, 1.54) is 4.90 Å². The number of sulfone groups is 1. The van der Waals surface area contributed by atoms with E-state index in [1.54, 1.807) is 19.1 Å². The van der Waals surface area contributed by atoms with Crippen LogP contribution in [-0.4, -0.2) is 55.9 Å². The van der Waals surface area contributed by atoms with Gasteiger partial charge in [0.05, 0.1) is 11.5 Å². The summed E-state index contributed by atoms with van der Waals surface area (Å²) in [7, 11) is -3.04. The van der Waals surface area contributed by atoms with Crippen molar-refractivity contribution in [2.24, 2.45) is 0 Å². The molecule has 2 rings (SSSR count). The number of aryl methyl sites for hydroxylation is 1. The molecule has 1 fully saturated rings. The Labute approximate surface area is 136 Å². The molecule has 23 heavy (non-hydrogen) atoms. The van der Waals surface area contributed by atoms with Gasteiger partial charge in [-0.05, 0) is 26.0 Å². The zero-order valence-electron chi connectivity index (χ0n) is 13.2. The first-order valence-electron chi connectivity index (χ1n) is 7.40. The highest BCUT2D eigenvalue weighted by Gasteiger charge is 2.28. The van der Waals surface area contributed by atoms with E-state index in [0.717, 1.165) is 5.56 Å². The number of benzene rings is 1. The van der Waals surface area contributed by atoms with Crippen molar-refractivity contribution in [1.29, 1.82) is 0 Å². The maximum atomic E-state index is 12.2. The van der Waals surface area contributed by atoms with Gasteiger partial charge in [-0.25, -0.2) is 13.2 Å². The van der Waals surface area contributed by atoms with Crippen LogP contribution >= 0.6 is 0 Å². The predicted molar refractivity (Wildman–Crippen MR) is 88.0 cm³/mol. The van der Waals surface area contributed by atoms with Crippen molar-refractivity contribution >= 4 is 27.5 Å². The lowest BCUT2D eigenvalue weighted by Crippen LogP contribution is -2.52. The summed E-state index contributed by atoms with van der Waals surface area (Å²) in [5.41, 5.74) is 1.72. The van der Waals surface area contributed by atoms with E-state index in [2.05, 4.69) is 10.6 Å². The number of nitrogens with zero attached hydrogens (tertiary/aromatic N) is 1. The number of rotatable bonds is 3. The molecular formula is C15H21N3O4S. The average Bonchev–Trinajstić information content (AvgIpc) is 2.49. The van der Waals surface area contributed by atoms with Crippen LogP contribution in [-0.2, 0) is 14.6 Å². The quantitative estimate of drug-likeness (QED) is 0.850. The van der Waals surface area contributed by atoms with E-state index in [1.807, 2.05) is 19.1 Å². The van der Waals surface area contributed by atoms with E-state index in [0.29, 0.717) is 5.69 Å². The van der Waals surface area contributed by atoms with Crippen molar-refractivity contribution in [1.82, 2.24) is 10.2 Å². The lowest BCUT2D eigenvalue weighted by Gasteiger charge is -2.29. The second kappa shape index (κ2) is 6.99. The molecule has 7 nitrogen and oxygen atoms in total. The van der Waals surface area contributed by atoms with E-state index in [4.69, 9.17) is 0 Å². The zero-order chi connectivity index (χ0) is 17.0. The predicted octanol–water partition coefficient (Wildman–Crippen LogP) is 0.762. The Morgan fingerprint density at radius 3 is 2.26 bits per heavy atom. The molecule has 1 unspecified atom stereocenters. The van der Waals surface area contributed by atoms with Gasteiger partial charge in [0.25, 0.3) is 0 Å². The van der Waals surface area contributed by atoms with Gasteiger partial charge in [0.15, 0.2) is 9.84 Å². The molecule has 1 aromatic rings. The Kier molecular flexibility index (Phi) is 5.25. The molecule has 126 valence electrons. The van der Waals surface area contributed by atoms with E-state index in [9.17, 15) is 18.0 Å². The molecule has 1 aliphatic rings. The first kappa shape index (κ1) is 17.3. The van der Waals surface area contributed by atoms with Crippen LogP contribution in [0, 0.1) is 6.92 Å². The highest BCUT2D eigenvalue weighted by molar-refractivity contribution is 7.91. The Hall–Kier alpha value is -2.09. The summed E-state index contributed by atoms with van der Waals surface area (Å²) in [5, 5.41) is 5.22. The summed E-state index contributed by atoms with van der Waals surface area (Å²) in [6.45, 7) is 3.88. The normalized spacial score (nSPS) is 18.1. The summed E-state index contributed by atoms with van der Waals surface area (Å²) >= 11 is 0. The lowest BCUT2D eigenvalue weighted by atomic mass is 10.2. The Morgan fingerprint density at radius 1 is 1.13 bits per heavy atom. The zero-order valence-corrected chi connectivity index (χ0v) is 14.0. The van der Waals surface area contributed by atoms with Gasteiger partial charge in [0, 0.05) is 18.8 Å². The lowest BCUT2D eigenvalue weighted by molar-refractivity contribution is -0.132. The number of hydrogen-bond donors (Lipinski definition) is 2. The number of carbonyl (C=O) groups excluding carboxylic acids is 2. The van der Waals surface area contributed by atoms with E-state index < -0.39 is 21.9 Å². The highest BCUT2D eigenvalue weighted by Crippen LogP contribution is 2.09. The smallest absolute Gasteiger partial charge is 0.319 e. The minimum Gasteiger partial charge on any atom is -0.339 e. The van der Waals surface area contributed by atoms with Crippen molar-refractivity contribution in [2.45, 2.75) is 19.9 Å². The molecular weight excluding hydrogens is 318 g/mol. The van der Waals surface area contributed by atoms with Gasteiger partial charge in [-0.2, -0.15) is 0 Å². The first-order valence-corrected chi connectivity index (χ1v) is 9.22. The Balaban J connectivity index is 1.85. The number of hydrogen-bond acceptors (Lipinski definition) is 4. The van der Waals surface area contributed by atoms with Crippen molar-refractivity contribution in [3.63, 3.8) is 0 Å². The Morgan fingerprint density at radius 2 is 1.70 bits per heavy atom. The van der Waals surface area contributed by atoms with Gasteiger partial charge >= 0.3 is 6.03 Å². The van der Waals surface area contributed by atoms with Crippen LogP contribution < -0.4 is 10.6 Å². The molecule has 0 spiro atoms. The summed E-state index contributed by atoms with van der Waals surface area (Å²) < 4.78 is 22.8. The van der Waals surface area contributed by atoms with Crippen LogP contribution in [0.4, 0.5) is 10.5 Å². The molecule has 0 saturated carbocycles. The highest BCUT2D eigenvalue weighted by atomic mass is 32.2. The average molecular weight is 339 g/mol. The molecule has 1 atom stereocenters. The number of anilines is 1. The third kappa shape index (κ3) is 4.95. The standard InChI is InChI=1S/C15H21N3O4S/c1-11-3-5-13(6-4-11)17-15(20)16-12(2)14(19)18-7-9-23(21,22)10-8-18/h3-6,12H,7-10H2,1-2H3,(H2,16,17,20). The molecule has 0 bridgehead atoms. The van der Waals surface area contributed by atoms with Gasteiger partial charge in [-0.3, -0.25) is 4.79 Å². The maximum absolute atomic E-state index is 12.2. The monoisotopic (exact) mass is 339 g/mol. The van der Waals surface area contributed by atoms with Crippen LogP contribution in [0.5, 0.6) is 0 Å². The fraction of sp³-hybridized carbons (Fsp3) is 0.467. The van der Waals surface area contributed by atoms with E-state index in [-0.39, 0.29) is 30.5 Å². The van der Waals surface area contributed by atoms with Crippen molar-refractivity contribution in [3.8, 4) is 0 Å². The largest absolute Gasteiger partial charge is 0.339 e. The van der Waals surface area contributed by atoms with Crippen molar-refractivity contribution in [3.05, 3.63) is 29.8 Å². The van der Waals surface area contributed by atoms with Gasteiger partial charge in [-0.15, -0.1) is 0 Å². The third-order valence-electron chi connectivity index (χ3n) is 3.68. The van der Waals surface area contributed by atoms with Gasteiger partial charge in [0.1, 0.15) is 6.04 Å². The second-order valence-electron chi connectivity index (χ2n) is 5.66. The molecule has 1 aliphatic heterocycles. The molecule has 8 heteroatoms. The van der Waals surface area contributed by atoms with Gasteiger partial charge in [-0.1, -0.05) is 17.7 Å². The van der Waals surface area contributed by atoms with E-state index >= 15 is 0 Å². The maximum Gasteiger partial charge on any atom is 0.319 e. The topological polar surface area (TPSA) is 95.6 Å². The third-order valence-corrected chi connectivity index (χ3v) is 5.29. The number of nitrogens with one attached hydrogen (secondary N) is 2.